The van der Waals surface area contributed by atoms with Crippen molar-refractivity contribution in [2.75, 3.05) is 0 Å². The lowest BCUT2D eigenvalue weighted by Gasteiger charge is -2.01. The third-order valence-electron chi connectivity index (χ3n) is 1.36. The van der Waals surface area contributed by atoms with Gasteiger partial charge in [0.2, 0.25) is 0 Å². The Labute approximate surface area is 81.7 Å². The molecule has 0 bridgehead atoms. The van der Waals surface area contributed by atoms with E-state index < -0.39 is 12.0 Å². The summed E-state index contributed by atoms with van der Waals surface area (Å²) in [5, 5.41) is 27.9. The molecule has 0 aliphatic heterocycles. The molecule has 1 heterocycles. The first kappa shape index (κ1) is 10.1. The van der Waals surface area contributed by atoms with Gasteiger partial charge >= 0.3 is 12.8 Å². The molecule has 1 rings (SSSR count). The van der Waals surface area contributed by atoms with Gasteiger partial charge in [0.05, 0.1) is 9.40 Å². The summed E-state index contributed by atoms with van der Waals surface area (Å²) in [5.74, 6) is 0. The van der Waals surface area contributed by atoms with Crippen LogP contribution in [0.25, 0.3) is 0 Å². The molecule has 8 heteroatoms. The summed E-state index contributed by atoms with van der Waals surface area (Å²) < 4.78 is 0.0301. The van der Waals surface area contributed by atoms with Gasteiger partial charge in [-0.25, -0.2) is 0 Å². The van der Waals surface area contributed by atoms with Crippen molar-refractivity contribution in [2.24, 2.45) is 0 Å². The summed E-state index contributed by atoms with van der Waals surface area (Å²) in [6.45, 7) is 0. The molecule has 0 spiro atoms. The summed E-state index contributed by atoms with van der Waals surface area (Å²) in [4.78, 5) is 13.2. The van der Waals surface area contributed by atoms with Gasteiger partial charge in [0.1, 0.15) is 6.20 Å². The zero-order valence-electron chi connectivity index (χ0n) is 6.22. The van der Waals surface area contributed by atoms with Crippen LogP contribution < -0.4 is 5.46 Å². The molecule has 0 aliphatic carbocycles. The van der Waals surface area contributed by atoms with Crippen LogP contribution in [0.5, 0.6) is 0 Å². The largest absolute Gasteiger partial charge is 0.491 e. The Hall–Kier alpha value is -0.985. The van der Waals surface area contributed by atoms with Crippen LogP contribution in [0.2, 0.25) is 0 Å². The minimum Gasteiger partial charge on any atom is -0.423 e. The number of hydrogen-bond donors (Lipinski definition) is 2. The van der Waals surface area contributed by atoms with Crippen molar-refractivity contribution >= 4 is 34.2 Å². The highest BCUT2D eigenvalue weighted by Gasteiger charge is 2.22. The van der Waals surface area contributed by atoms with Crippen LogP contribution in [-0.4, -0.2) is 27.1 Å². The van der Waals surface area contributed by atoms with Gasteiger partial charge in [-0.3, -0.25) is 15.1 Å². The van der Waals surface area contributed by atoms with E-state index in [9.17, 15) is 10.1 Å². The van der Waals surface area contributed by atoms with E-state index >= 15 is 0 Å². The van der Waals surface area contributed by atoms with Gasteiger partial charge in [-0.05, 0) is 15.9 Å². The second kappa shape index (κ2) is 3.82. The van der Waals surface area contributed by atoms with Gasteiger partial charge in [0, 0.05) is 11.7 Å². The fourth-order valence-corrected chi connectivity index (χ4v) is 1.31. The molecule has 2 N–H and O–H groups in total. The summed E-state index contributed by atoms with van der Waals surface area (Å²) in [5.41, 5.74) is -0.334. The quantitative estimate of drug-likeness (QED) is 0.414. The molecule has 0 radical (unpaired) electrons. The van der Waals surface area contributed by atoms with Gasteiger partial charge in [0.15, 0.2) is 0 Å². The first-order chi connectivity index (χ1) is 6.04. The smallest absolute Gasteiger partial charge is 0.423 e. The normalized spacial score (nSPS) is 9.77. The maximum absolute atomic E-state index is 10.4. The van der Waals surface area contributed by atoms with Crippen LogP contribution in [0.15, 0.2) is 16.9 Å². The summed E-state index contributed by atoms with van der Waals surface area (Å²) >= 11 is 2.88. The minimum atomic E-state index is -1.78. The molecule has 0 unspecified atom stereocenters. The van der Waals surface area contributed by atoms with Crippen molar-refractivity contribution in [3.05, 3.63) is 27.0 Å². The zero-order chi connectivity index (χ0) is 10.0. The summed E-state index contributed by atoms with van der Waals surface area (Å²) in [7, 11) is -1.78. The predicted molar refractivity (Wildman–Crippen MR) is 48.4 cm³/mol. The SMILES string of the molecule is O=[N+]([O-])c1cncc(B(O)O)c1Br. The number of pyridine rings is 1. The topological polar surface area (TPSA) is 96.5 Å². The Morgan fingerprint density at radius 2 is 2.15 bits per heavy atom. The molecule has 6 nitrogen and oxygen atoms in total. The Balaban J connectivity index is 3.26. The van der Waals surface area contributed by atoms with Gasteiger partial charge in [-0.15, -0.1) is 0 Å². The number of nitrogens with zero attached hydrogens (tertiary/aromatic N) is 2. The Bertz CT molecular complexity index is 345. The van der Waals surface area contributed by atoms with Crippen LogP contribution in [0.4, 0.5) is 5.69 Å². The number of hydrogen-bond acceptors (Lipinski definition) is 5. The Morgan fingerprint density at radius 1 is 1.54 bits per heavy atom. The molecule has 0 aromatic carbocycles. The van der Waals surface area contributed by atoms with E-state index in [1.54, 1.807) is 0 Å². The minimum absolute atomic E-state index is 0.0301. The Kier molecular flexibility index (Phi) is 2.96. The molecule has 0 saturated heterocycles. The molecule has 13 heavy (non-hydrogen) atoms. The standard InChI is InChI=1S/C5H4BBrN2O4/c7-5-3(6(10)11)1-8-2-4(5)9(12)13/h1-2,10-11H. The van der Waals surface area contributed by atoms with E-state index in [-0.39, 0.29) is 15.6 Å². The fourth-order valence-electron chi connectivity index (χ4n) is 0.757. The highest BCUT2D eigenvalue weighted by molar-refractivity contribution is 9.10. The van der Waals surface area contributed by atoms with Crippen LogP contribution in [0, 0.1) is 10.1 Å². The molecule has 0 aliphatic rings. The molecule has 0 atom stereocenters. The third-order valence-corrected chi connectivity index (χ3v) is 2.23. The van der Waals surface area contributed by atoms with Crippen molar-refractivity contribution in [3.63, 3.8) is 0 Å². The van der Waals surface area contributed by atoms with E-state index in [1.165, 1.54) is 0 Å². The van der Waals surface area contributed by atoms with E-state index in [4.69, 9.17) is 10.0 Å². The second-order valence-corrected chi connectivity index (χ2v) is 2.99. The fraction of sp³-hybridized carbons (Fsp3) is 0. The van der Waals surface area contributed by atoms with Crippen molar-refractivity contribution in [3.8, 4) is 0 Å². The van der Waals surface area contributed by atoms with E-state index in [2.05, 4.69) is 20.9 Å². The predicted octanol–water partition coefficient (Wildman–Crippen LogP) is -0.568. The van der Waals surface area contributed by atoms with Gasteiger partial charge in [-0.2, -0.15) is 0 Å². The maximum Gasteiger partial charge on any atom is 0.491 e. The molecular weight excluding hydrogens is 243 g/mol. The number of rotatable bonds is 2. The van der Waals surface area contributed by atoms with Crippen molar-refractivity contribution < 1.29 is 15.0 Å². The van der Waals surface area contributed by atoms with Crippen LogP contribution in [0.3, 0.4) is 0 Å². The van der Waals surface area contributed by atoms with E-state index in [0.29, 0.717) is 0 Å². The molecule has 0 saturated carbocycles. The van der Waals surface area contributed by atoms with Crippen LogP contribution in [0.1, 0.15) is 0 Å². The molecule has 1 aromatic rings. The van der Waals surface area contributed by atoms with Crippen molar-refractivity contribution in [1.29, 1.82) is 0 Å². The van der Waals surface area contributed by atoms with Gasteiger partial charge in [0.25, 0.3) is 0 Å². The van der Waals surface area contributed by atoms with E-state index in [1.807, 2.05) is 0 Å². The first-order valence-corrected chi connectivity index (χ1v) is 3.97. The molecule has 0 fully saturated rings. The number of aromatic nitrogens is 1. The maximum atomic E-state index is 10.4. The van der Waals surface area contributed by atoms with Crippen LogP contribution in [-0.2, 0) is 0 Å². The average molecular weight is 247 g/mol. The molecule has 0 amide bonds. The second-order valence-electron chi connectivity index (χ2n) is 2.19. The Morgan fingerprint density at radius 3 is 2.62 bits per heavy atom. The van der Waals surface area contributed by atoms with Crippen LogP contribution >= 0.6 is 15.9 Å². The number of nitro groups is 1. The third kappa shape index (κ3) is 2.03. The van der Waals surface area contributed by atoms with Gasteiger partial charge < -0.3 is 10.0 Å². The lowest BCUT2D eigenvalue weighted by molar-refractivity contribution is -0.385. The number of halogens is 1. The first-order valence-electron chi connectivity index (χ1n) is 3.18. The highest BCUT2D eigenvalue weighted by Crippen LogP contribution is 2.20. The van der Waals surface area contributed by atoms with Gasteiger partial charge in [-0.1, -0.05) is 0 Å². The summed E-state index contributed by atoms with van der Waals surface area (Å²) in [6.07, 6.45) is 2.16. The molecule has 1 aromatic heterocycles. The highest BCUT2D eigenvalue weighted by atomic mass is 79.9. The lowest BCUT2D eigenvalue weighted by Crippen LogP contribution is -2.31. The van der Waals surface area contributed by atoms with E-state index in [0.717, 1.165) is 12.4 Å². The lowest BCUT2D eigenvalue weighted by atomic mass is 9.81. The summed E-state index contributed by atoms with van der Waals surface area (Å²) in [6, 6.07) is 0. The molecular formula is C5H4BBrN2O4. The van der Waals surface area contributed by atoms with Crippen molar-refractivity contribution in [1.82, 2.24) is 4.98 Å². The van der Waals surface area contributed by atoms with Crippen molar-refractivity contribution in [2.45, 2.75) is 0 Å². The zero-order valence-corrected chi connectivity index (χ0v) is 7.80. The average Bonchev–Trinajstić information content (AvgIpc) is 2.03. The molecule has 68 valence electrons. The monoisotopic (exact) mass is 246 g/mol.